The first-order chi connectivity index (χ1) is 13.8. The number of rotatable bonds is 6. The maximum Gasteiger partial charge on any atom is 0.349 e. The standard InChI is InChI=1S/C19H19N3O6S/c1-9-15-17(24)20-10(2)21-18(15)29-16(9)19(25)28-8-14(23)22-12-7-11(26-3)5-6-13(12)27-4/h5-7H,8H2,1-4H3,(H,22,23)(H,20,21,24). The van der Waals surface area contributed by atoms with E-state index in [0.717, 1.165) is 11.3 Å². The molecule has 2 heterocycles. The highest BCUT2D eigenvalue weighted by Crippen LogP contribution is 2.29. The topological polar surface area (TPSA) is 120 Å². The van der Waals surface area contributed by atoms with Crippen LogP contribution in [0.2, 0.25) is 0 Å². The SMILES string of the molecule is COc1ccc(OC)c(NC(=O)COC(=O)c2sc3nc(C)[nH]c(=O)c3c2C)c1. The third-order valence-electron chi connectivity index (χ3n) is 4.12. The van der Waals surface area contributed by atoms with Crippen LogP contribution in [0.3, 0.4) is 0 Å². The zero-order valence-electron chi connectivity index (χ0n) is 16.2. The van der Waals surface area contributed by atoms with Gasteiger partial charge in [0.1, 0.15) is 27.0 Å². The minimum atomic E-state index is -0.699. The Morgan fingerprint density at radius 3 is 2.66 bits per heavy atom. The summed E-state index contributed by atoms with van der Waals surface area (Å²) in [5.41, 5.74) is 0.541. The summed E-state index contributed by atoms with van der Waals surface area (Å²) in [5, 5.41) is 2.96. The molecule has 10 heteroatoms. The van der Waals surface area contributed by atoms with Crippen molar-refractivity contribution in [2.24, 2.45) is 0 Å². The van der Waals surface area contributed by atoms with E-state index >= 15 is 0 Å². The fraction of sp³-hybridized carbons (Fsp3) is 0.263. The Hall–Kier alpha value is -3.40. The van der Waals surface area contributed by atoms with Gasteiger partial charge in [-0.1, -0.05) is 0 Å². The molecule has 0 bridgehead atoms. The number of methoxy groups -OCH3 is 2. The van der Waals surface area contributed by atoms with Gasteiger partial charge in [0, 0.05) is 6.07 Å². The monoisotopic (exact) mass is 417 g/mol. The number of thiophene rings is 1. The minimum Gasteiger partial charge on any atom is -0.497 e. The third-order valence-corrected chi connectivity index (χ3v) is 5.29. The number of carbonyl (C=O) groups is 2. The summed E-state index contributed by atoms with van der Waals surface area (Å²) in [6.07, 6.45) is 0. The largest absolute Gasteiger partial charge is 0.497 e. The van der Waals surface area contributed by atoms with Crippen LogP contribution in [-0.4, -0.2) is 42.7 Å². The molecule has 0 aliphatic carbocycles. The van der Waals surface area contributed by atoms with Gasteiger partial charge in [-0.15, -0.1) is 11.3 Å². The van der Waals surface area contributed by atoms with E-state index in [1.165, 1.54) is 14.2 Å². The normalized spacial score (nSPS) is 10.6. The number of anilines is 1. The van der Waals surface area contributed by atoms with Crippen LogP contribution in [0.1, 0.15) is 21.1 Å². The summed E-state index contributed by atoms with van der Waals surface area (Å²) in [6, 6.07) is 4.93. The predicted octanol–water partition coefficient (Wildman–Crippen LogP) is 2.41. The summed E-state index contributed by atoms with van der Waals surface area (Å²) in [7, 11) is 2.98. The Labute approximate surface area is 169 Å². The number of benzene rings is 1. The molecule has 1 amide bonds. The molecule has 152 valence electrons. The molecule has 2 N–H and O–H groups in total. The summed E-state index contributed by atoms with van der Waals surface area (Å²) < 4.78 is 15.4. The number of nitrogens with one attached hydrogen (secondary N) is 2. The van der Waals surface area contributed by atoms with E-state index in [0.29, 0.717) is 38.8 Å². The second-order valence-electron chi connectivity index (χ2n) is 6.08. The molecule has 0 radical (unpaired) electrons. The second-order valence-corrected chi connectivity index (χ2v) is 7.08. The van der Waals surface area contributed by atoms with Crippen molar-refractivity contribution in [3.63, 3.8) is 0 Å². The number of nitrogens with zero attached hydrogens (tertiary/aromatic N) is 1. The van der Waals surface area contributed by atoms with Gasteiger partial charge in [-0.05, 0) is 31.5 Å². The number of hydrogen-bond donors (Lipinski definition) is 2. The van der Waals surface area contributed by atoms with E-state index in [1.807, 2.05) is 0 Å². The lowest BCUT2D eigenvalue weighted by atomic mass is 10.2. The number of hydrogen-bond acceptors (Lipinski definition) is 8. The zero-order chi connectivity index (χ0) is 21.1. The molecule has 0 fully saturated rings. The lowest BCUT2D eigenvalue weighted by Crippen LogP contribution is -2.21. The van der Waals surface area contributed by atoms with Crippen molar-refractivity contribution >= 4 is 39.1 Å². The Kier molecular flexibility index (Phi) is 5.83. The first-order valence-electron chi connectivity index (χ1n) is 8.53. The van der Waals surface area contributed by atoms with Gasteiger partial charge in [-0.2, -0.15) is 0 Å². The molecule has 0 spiro atoms. The van der Waals surface area contributed by atoms with Crippen LogP contribution in [0, 0.1) is 13.8 Å². The number of aryl methyl sites for hydroxylation is 2. The van der Waals surface area contributed by atoms with Crippen LogP contribution in [0.5, 0.6) is 11.5 Å². The van der Waals surface area contributed by atoms with E-state index < -0.39 is 18.5 Å². The Morgan fingerprint density at radius 2 is 1.97 bits per heavy atom. The predicted molar refractivity (Wildman–Crippen MR) is 108 cm³/mol. The Morgan fingerprint density at radius 1 is 1.21 bits per heavy atom. The van der Waals surface area contributed by atoms with Gasteiger partial charge < -0.3 is 24.5 Å². The molecule has 0 aliphatic heterocycles. The quantitative estimate of drug-likeness (QED) is 0.591. The Bertz CT molecular complexity index is 1150. The van der Waals surface area contributed by atoms with Crippen molar-refractivity contribution in [1.29, 1.82) is 0 Å². The van der Waals surface area contributed by atoms with Gasteiger partial charge >= 0.3 is 5.97 Å². The molecule has 0 atom stereocenters. The highest BCUT2D eigenvalue weighted by atomic mass is 32.1. The highest BCUT2D eigenvalue weighted by Gasteiger charge is 2.21. The molecular weight excluding hydrogens is 398 g/mol. The number of aromatic amines is 1. The maximum absolute atomic E-state index is 12.4. The van der Waals surface area contributed by atoms with Crippen LogP contribution in [0.15, 0.2) is 23.0 Å². The van der Waals surface area contributed by atoms with Crippen molar-refractivity contribution in [2.75, 3.05) is 26.1 Å². The van der Waals surface area contributed by atoms with Crippen LogP contribution < -0.4 is 20.3 Å². The van der Waals surface area contributed by atoms with Gasteiger partial charge in [0.25, 0.3) is 11.5 Å². The number of esters is 1. The van der Waals surface area contributed by atoms with Crippen LogP contribution >= 0.6 is 11.3 Å². The average molecular weight is 417 g/mol. The smallest absolute Gasteiger partial charge is 0.349 e. The van der Waals surface area contributed by atoms with Crippen molar-refractivity contribution in [1.82, 2.24) is 9.97 Å². The number of amides is 1. The number of H-pyrrole nitrogens is 1. The lowest BCUT2D eigenvalue weighted by Gasteiger charge is -2.11. The number of aromatic nitrogens is 2. The second kappa shape index (κ2) is 8.31. The van der Waals surface area contributed by atoms with Gasteiger partial charge in [0.05, 0.1) is 25.3 Å². The highest BCUT2D eigenvalue weighted by molar-refractivity contribution is 7.20. The lowest BCUT2D eigenvalue weighted by molar-refractivity contribution is -0.119. The van der Waals surface area contributed by atoms with Gasteiger partial charge in [-0.3, -0.25) is 9.59 Å². The third kappa shape index (κ3) is 4.21. The Balaban J connectivity index is 1.72. The molecule has 9 nitrogen and oxygen atoms in total. The fourth-order valence-corrected chi connectivity index (χ4v) is 3.86. The van der Waals surface area contributed by atoms with Crippen molar-refractivity contribution in [3.05, 3.63) is 44.8 Å². The van der Waals surface area contributed by atoms with Gasteiger partial charge in [0.2, 0.25) is 0 Å². The first-order valence-corrected chi connectivity index (χ1v) is 9.34. The summed E-state index contributed by atoms with van der Waals surface area (Å²) in [5.74, 6) is 0.180. The van der Waals surface area contributed by atoms with E-state index in [4.69, 9.17) is 14.2 Å². The van der Waals surface area contributed by atoms with Gasteiger partial charge in [0.15, 0.2) is 6.61 Å². The van der Waals surface area contributed by atoms with E-state index in [2.05, 4.69) is 15.3 Å². The average Bonchev–Trinajstić information content (AvgIpc) is 3.02. The number of carbonyl (C=O) groups excluding carboxylic acids is 2. The molecule has 0 aliphatic rings. The summed E-state index contributed by atoms with van der Waals surface area (Å²) >= 11 is 1.05. The van der Waals surface area contributed by atoms with Crippen molar-refractivity contribution < 1.29 is 23.8 Å². The molecule has 1 aromatic carbocycles. The number of fused-ring (bicyclic) bond motifs is 1. The number of ether oxygens (including phenoxy) is 3. The fourth-order valence-electron chi connectivity index (χ4n) is 2.74. The van der Waals surface area contributed by atoms with Crippen molar-refractivity contribution in [3.8, 4) is 11.5 Å². The molecular formula is C19H19N3O6S. The first kappa shape index (κ1) is 20.3. The summed E-state index contributed by atoms with van der Waals surface area (Å²) in [4.78, 5) is 44.3. The van der Waals surface area contributed by atoms with E-state index in [9.17, 15) is 14.4 Å². The zero-order valence-corrected chi connectivity index (χ0v) is 17.1. The van der Waals surface area contributed by atoms with E-state index in [-0.39, 0.29) is 10.4 Å². The molecule has 0 saturated heterocycles. The molecule has 0 unspecified atom stereocenters. The van der Waals surface area contributed by atoms with Crippen LogP contribution in [0.4, 0.5) is 5.69 Å². The maximum atomic E-state index is 12.4. The summed E-state index contributed by atoms with van der Waals surface area (Å²) in [6.45, 7) is 2.80. The molecule has 2 aromatic heterocycles. The molecule has 3 aromatic rings. The molecule has 0 saturated carbocycles. The van der Waals surface area contributed by atoms with Crippen molar-refractivity contribution in [2.45, 2.75) is 13.8 Å². The molecule has 29 heavy (non-hydrogen) atoms. The minimum absolute atomic E-state index is 0.232. The van der Waals surface area contributed by atoms with Crippen LogP contribution in [-0.2, 0) is 9.53 Å². The van der Waals surface area contributed by atoms with E-state index in [1.54, 1.807) is 32.0 Å². The van der Waals surface area contributed by atoms with Gasteiger partial charge in [-0.25, -0.2) is 9.78 Å². The van der Waals surface area contributed by atoms with Crippen LogP contribution in [0.25, 0.3) is 10.2 Å². The molecule has 3 rings (SSSR count).